The Balaban J connectivity index is 1.77. The standard InChI is InChI=1S/C16H23FN2O2/c1-12-11-13(7-8-18-12)16(20)19(2)9-10-21-15-6-4-3-5-14(15)17/h3-6,12-13,18H,7-11H2,1-2H3/t12-,13-/m0/s1. The van der Waals surface area contributed by atoms with Gasteiger partial charge in [0.05, 0.1) is 6.54 Å². The van der Waals surface area contributed by atoms with Gasteiger partial charge in [-0.15, -0.1) is 0 Å². The molecule has 1 aromatic carbocycles. The fourth-order valence-corrected chi connectivity index (χ4v) is 2.63. The van der Waals surface area contributed by atoms with Crippen LogP contribution in [-0.4, -0.2) is 43.6 Å². The summed E-state index contributed by atoms with van der Waals surface area (Å²) >= 11 is 0. The highest BCUT2D eigenvalue weighted by Crippen LogP contribution is 2.18. The molecule has 5 heteroatoms. The first-order chi connectivity index (χ1) is 10.1. The van der Waals surface area contributed by atoms with Crippen molar-refractivity contribution in [3.63, 3.8) is 0 Å². The van der Waals surface area contributed by atoms with Crippen LogP contribution in [0.5, 0.6) is 5.75 Å². The Labute approximate surface area is 125 Å². The third-order valence-electron chi connectivity index (χ3n) is 3.87. The number of carbonyl (C=O) groups excluding carboxylic acids is 1. The molecule has 0 unspecified atom stereocenters. The van der Waals surface area contributed by atoms with Crippen LogP contribution in [0.2, 0.25) is 0 Å². The SMILES string of the molecule is C[C@H]1C[C@@H](C(=O)N(C)CCOc2ccccc2F)CCN1. The van der Waals surface area contributed by atoms with E-state index < -0.39 is 0 Å². The minimum absolute atomic E-state index is 0.0831. The van der Waals surface area contributed by atoms with Gasteiger partial charge in [0.25, 0.3) is 0 Å². The van der Waals surface area contributed by atoms with Gasteiger partial charge in [-0.2, -0.15) is 0 Å². The highest BCUT2D eigenvalue weighted by atomic mass is 19.1. The van der Waals surface area contributed by atoms with Crippen molar-refractivity contribution in [3.8, 4) is 5.75 Å². The molecular formula is C16H23FN2O2. The van der Waals surface area contributed by atoms with E-state index in [-0.39, 0.29) is 23.4 Å². The minimum Gasteiger partial charge on any atom is -0.489 e. The van der Waals surface area contributed by atoms with Crippen LogP contribution >= 0.6 is 0 Å². The van der Waals surface area contributed by atoms with E-state index in [2.05, 4.69) is 12.2 Å². The number of nitrogens with zero attached hydrogens (tertiary/aromatic N) is 1. The number of carbonyl (C=O) groups is 1. The number of likely N-dealkylation sites (N-methyl/N-ethyl adjacent to an activating group) is 1. The quantitative estimate of drug-likeness (QED) is 0.903. The normalized spacial score (nSPS) is 21.9. The van der Waals surface area contributed by atoms with Crippen LogP contribution < -0.4 is 10.1 Å². The highest BCUT2D eigenvalue weighted by molar-refractivity contribution is 5.78. The summed E-state index contributed by atoms with van der Waals surface area (Å²) in [6.45, 7) is 3.74. The van der Waals surface area contributed by atoms with Gasteiger partial charge in [0.1, 0.15) is 6.61 Å². The van der Waals surface area contributed by atoms with Crippen molar-refractivity contribution in [1.29, 1.82) is 0 Å². The monoisotopic (exact) mass is 294 g/mol. The van der Waals surface area contributed by atoms with Crippen molar-refractivity contribution >= 4 is 5.91 Å². The highest BCUT2D eigenvalue weighted by Gasteiger charge is 2.26. The second-order valence-electron chi connectivity index (χ2n) is 5.62. The summed E-state index contributed by atoms with van der Waals surface area (Å²) in [5, 5.41) is 3.34. The van der Waals surface area contributed by atoms with Gasteiger partial charge in [-0.1, -0.05) is 12.1 Å². The lowest BCUT2D eigenvalue weighted by atomic mass is 9.92. The number of rotatable bonds is 5. The lowest BCUT2D eigenvalue weighted by Gasteiger charge is -2.30. The van der Waals surface area contributed by atoms with Crippen molar-refractivity contribution in [2.24, 2.45) is 5.92 Å². The summed E-state index contributed by atoms with van der Waals surface area (Å²) in [6, 6.07) is 6.68. The van der Waals surface area contributed by atoms with E-state index in [1.807, 2.05) is 0 Å². The first-order valence-corrected chi connectivity index (χ1v) is 7.43. The molecule has 0 spiro atoms. The number of benzene rings is 1. The number of halogens is 1. The Morgan fingerprint density at radius 2 is 2.24 bits per heavy atom. The molecule has 1 saturated heterocycles. The molecule has 4 nitrogen and oxygen atoms in total. The van der Waals surface area contributed by atoms with Crippen molar-refractivity contribution in [2.75, 3.05) is 26.7 Å². The fourth-order valence-electron chi connectivity index (χ4n) is 2.63. The van der Waals surface area contributed by atoms with Gasteiger partial charge in [-0.05, 0) is 38.4 Å². The molecule has 2 atom stereocenters. The summed E-state index contributed by atoms with van der Waals surface area (Å²) in [5.74, 6) is 0.0905. The third-order valence-corrected chi connectivity index (χ3v) is 3.87. The van der Waals surface area contributed by atoms with Crippen molar-refractivity contribution in [3.05, 3.63) is 30.1 Å². The van der Waals surface area contributed by atoms with E-state index >= 15 is 0 Å². The van der Waals surface area contributed by atoms with Gasteiger partial charge >= 0.3 is 0 Å². The first kappa shape index (κ1) is 15.8. The molecule has 0 radical (unpaired) electrons. The third kappa shape index (κ3) is 4.43. The molecular weight excluding hydrogens is 271 g/mol. The Kier molecular flexibility index (Phi) is 5.56. The van der Waals surface area contributed by atoms with Crippen LogP contribution in [0.25, 0.3) is 0 Å². The predicted molar refractivity (Wildman–Crippen MR) is 79.7 cm³/mol. The Hall–Kier alpha value is -1.62. The summed E-state index contributed by atoms with van der Waals surface area (Å²) in [7, 11) is 1.78. The Morgan fingerprint density at radius 1 is 1.48 bits per heavy atom. The van der Waals surface area contributed by atoms with E-state index in [1.54, 1.807) is 30.1 Å². The lowest BCUT2D eigenvalue weighted by molar-refractivity contribution is -0.135. The Morgan fingerprint density at radius 3 is 2.95 bits per heavy atom. The summed E-state index contributed by atoms with van der Waals surface area (Å²) < 4.78 is 18.8. The molecule has 21 heavy (non-hydrogen) atoms. The molecule has 116 valence electrons. The number of para-hydroxylation sites is 1. The zero-order chi connectivity index (χ0) is 15.2. The molecule has 0 aromatic heterocycles. The van der Waals surface area contributed by atoms with Crippen molar-refractivity contribution < 1.29 is 13.9 Å². The smallest absolute Gasteiger partial charge is 0.225 e. The van der Waals surface area contributed by atoms with E-state index in [9.17, 15) is 9.18 Å². The molecule has 0 bridgehead atoms. The molecule has 1 aliphatic heterocycles. The van der Waals surface area contributed by atoms with Gasteiger partial charge in [-0.25, -0.2) is 4.39 Å². The first-order valence-electron chi connectivity index (χ1n) is 7.43. The molecule has 2 rings (SSSR count). The number of amides is 1. The van der Waals surface area contributed by atoms with E-state index in [0.717, 1.165) is 19.4 Å². The van der Waals surface area contributed by atoms with Gasteiger partial charge in [-0.3, -0.25) is 4.79 Å². The molecule has 1 amide bonds. The van der Waals surface area contributed by atoms with E-state index in [4.69, 9.17) is 4.74 Å². The number of piperidine rings is 1. The maximum atomic E-state index is 13.4. The average molecular weight is 294 g/mol. The molecule has 1 heterocycles. The van der Waals surface area contributed by atoms with Crippen LogP contribution in [0.4, 0.5) is 4.39 Å². The summed E-state index contributed by atoms with van der Waals surface area (Å²) in [5.41, 5.74) is 0. The molecule has 1 aromatic rings. The maximum absolute atomic E-state index is 13.4. The van der Waals surface area contributed by atoms with Gasteiger partial charge in [0.15, 0.2) is 11.6 Å². The lowest BCUT2D eigenvalue weighted by Crippen LogP contribution is -2.43. The molecule has 1 fully saturated rings. The number of hydrogen-bond donors (Lipinski definition) is 1. The topological polar surface area (TPSA) is 41.6 Å². The van der Waals surface area contributed by atoms with Crippen LogP contribution in [-0.2, 0) is 4.79 Å². The van der Waals surface area contributed by atoms with Crippen molar-refractivity contribution in [2.45, 2.75) is 25.8 Å². The largest absolute Gasteiger partial charge is 0.489 e. The number of ether oxygens (including phenoxy) is 1. The maximum Gasteiger partial charge on any atom is 0.225 e. The number of hydrogen-bond acceptors (Lipinski definition) is 3. The average Bonchev–Trinajstić information content (AvgIpc) is 2.48. The summed E-state index contributed by atoms with van der Waals surface area (Å²) in [4.78, 5) is 14.0. The van der Waals surface area contributed by atoms with Crippen LogP contribution in [0.1, 0.15) is 19.8 Å². The van der Waals surface area contributed by atoms with E-state index in [1.165, 1.54) is 6.07 Å². The Bertz CT molecular complexity index is 481. The zero-order valence-electron chi connectivity index (χ0n) is 12.6. The molecule has 1 N–H and O–H groups in total. The zero-order valence-corrected chi connectivity index (χ0v) is 12.6. The summed E-state index contributed by atoms with van der Waals surface area (Å²) in [6.07, 6.45) is 1.75. The van der Waals surface area contributed by atoms with Gasteiger partial charge in [0.2, 0.25) is 5.91 Å². The van der Waals surface area contributed by atoms with Crippen molar-refractivity contribution in [1.82, 2.24) is 10.2 Å². The van der Waals surface area contributed by atoms with E-state index in [0.29, 0.717) is 19.2 Å². The molecule has 0 saturated carbocycles. The van der Waals surface area contributed by atoms with Gasteiger partial charge < -0.3 is 15.0 Å². The second kappa shape index (κ2) is 7.41. The number of nitrogens with one attached hydrogen (secondary N) is 1. The van der Waals surface area contributed by atoms with Gasteiger partial charge in [0, 0.05) is 19.0 Å². The minimum atomic E-state index is -0.376. The second-order valence-corrected chi connectivity index (χ2v) is 5.62. The molecule has 1 aliphatic rings. The molecule has 0 aliphatic carbocycles. The predicted octanol–water partition coefficient (Wildman–Crippen LogP) is 2.05. The van der Waals surface area contributed by atoms with Crippen LogP contribution in [0, 0.1) is 11.7 Å². The van der Waals surface area contributed by atoms with Crippen LogP contribution in [0.3, 0.4) is 0 Å². The fraction of sp³-hybridized carbons (Fsp3) is 0.562. The van der Waals surface area contributed by atoms with Crippen LogP contribution in [0.15, 0.2) is 24.3 Å².